The van der Waals surface area contributed by atoms with E-state index in [4.69, 9.17) is 0 Å². The lowest BCUT2D eigenvalue weighted by atomic mass is 9.93. The highest BCUT2D eigenvalue weighted by molar-refractivity contribution is 5.85. The number of benzene rings is 1. The van der Waals surface area contributed by atoms with E-state index < -0.39 is 16.8 Å². The molecule has 2 rings (SSSR count). The maximum atomic E-state index is 12.1. The van der Waals surface area contributed by atoms with Crippen molar-refractivity contribution in [2.45, 2.75) is 50.5 Å². The molecule has 1 amide bonds. The van der Waals surface area contributed by atoms with Gasteiger partial charge in [0.25, 0.3) is 5.69 Å². The normalized spacial score (nSPS) is 16.5. The molecule has 1 aliphatic carbocycles. The number of carbonyl (C=O) groups excluding carboxylic acids is 1. The van der Waals surface area contributed by atoms with Crippen molar-refractivity contribution < 1.29 is 19.6 Å². The number of aliphatic carboxylic acids is 1. The smallest absolute Gasteiger partial charge is 0.311 e. The quantitative estimate of drug-likeness (QED) is 0.618. The van der Waals surface area contributed by atoms with E-state index in [2.05, 4.69) is 5.32 Å². The molecule has 7 heteroatoms. The van der Waals surface area contributed by atoms with Gasteiger partial charge in [-0.25, -0.2) is 0 Å². The molecule has 124 valence electrons. The number of amides is 1. The zero-order valence-electron chi connectivity index (χ0n) is 12.7. The Morgan fingerprint density at radius 1 is 1.22 bits per heavy atom. The molecule has 1 fully saturated rings. The summed E-state index contributed by atoms with van der Waals surface area (Å²) in [4.78, 5) is 33.6. The van der Waals surface area contributed by atoms with Gasteiger partial charge in [-0.15, -0.1) is 0 Å². The van der Waals surface area contributed by atoms with Crippen molar-refractivity contribution in [2.24, 2.45) is 0 Å². The first-order valence-electron chi connectivity index (χ1n) is 7.74. The third-order valence-electron chi connectivity index (χ3n) is 4.16. The largest absolute Gasteiger partial charge is 0.481 e. The molecule has 1 aromatic carbocycles. The molecular weight excluding hydrogens is 300 g/mol. The SMILES string of the molecule is O=C(CC(C(=O)O)c1ccc([N+](=O)[O-])cc1)NC1CCCCC1. The van der Waals surface area contributed by atoms with E-state index >= 15 is 0 Å². The van der Waals surface area contributed by atoms with E-state index in [0.29, 0.717) is 5.56 Å². The van der Waals surface area contributed by atoms with Crippen molar-refractivity contribution in [3.05, 3.63) is 39.9 Å². The van der Waals surface area contributed by atoms with Gasteiger partial charge in [-0.05, 0) is 18.4 Å². The van der Waals surface area contributed by atoms with Gasteiger partial charge in [0.1, 0.15) is 0 Å². The van der Waals surface area contributed by atoms with E-state index in [1.54, 1.807) is 0 Å². The number of nitro benzene ring substituents is 1. The van der Waals surface area contributed by atoms with Gasteiger partial charge in [0.05, 0.1) is 10.8 Å². The topological polar surface area (TPSA) is 110 Å². The Hall–Kier alpha value is -2.44. The van der Waals surface area contributed by atoms with Gasteiger partial charge in [-0.3, -0.25) is 19.7 Å². The van der Waals surface area contributed by atoms with Gasteiger partial charge in [0, 0.05) is 24.6 Å². The van der Waals surface area contributed by atoms with Crippen molar-refractivity contribution in [1.82, 2.24) is 5.32 Å². The Balaban J connectivity index is 2.01. The molecule has 2 N–H and O–H groups in total. The van der Waals surface area contributed by atoms with Gasteiger partial charge in [-0.1, -0.05) is 31.4 Å². The minimum absolute atomic E-state index is 0.107. The molecule has 1 unspecified atom stereocenters. The van der Waals surface area contributed by atoms with Crippen LogP contribution in [0.25, 0.3) is 0 Å². The fraction of sp³-hybridized carbons (Fsp3) is 0.500. The first-order valence-corrected chi connectivity index (χ1v) is 7.74. The Morgan fingerprint density at radius 2 is 1.83 bits per heavy atom. The molecule has 0 spiro atoms. The van der Waals surface area contributed by atoms with Crippen LogP contribution >= 0.6 is 0 Å². The lowest BCUT2D eigenvalue weighted by Crippen LogP contribution is -2.37. The molecule has 1 aromatic rings. The molecule has 7 nitrogen and oxygen atoms in total. The van der Waals surface area contributed by atoms with Crippen molar-refractivity contribution >= 4 is 17.6 Å². The van der Waals surface area contributed by atoms with E-state index in [-0.39, 0.29) is 24.1 Å². The molecule has 1 aliphatic rings. The van der Waals surface area contributed by atoms with Crippen LogP contribution in [-0.4, -0.2) is 27.9 Å². The van der Waals surface area contributed by atoms with E-state index in [1.807, 2.05) is 0 Å². The molecule has 23 heavy (non-hydrogen) atoms. The number of hydrogen-bond acceptors (Lipinski definition) is 4. The summed E-state index contributed by atoms with van der Waals surface area (Å²) < 4.78 is 0. The zero-order valence-corrected chi connectivity index (χ0v) is 12.7. The van der Waals surface area contributed by atoms with Gasteiger partial charge in [-0.2, -0.15) is 0 Å². The van der Waals surface area contributed by atoms with Crippen LogP contribution < -0.4 is 5.32 Å². The Bertz CT molecular complexity index is 579. The van der Waals surface area contributed by atoms with Crippen LogP contribution in [0, 0.1) is 10.1 Å². The number of hydrogen-bond donors (Lipinski definition) is 2. The molecular formula is C16H20N2O5. The summed E-state index contributed by atoms with van der Waals surface area (Å²) >= 11 is 0. The number of carbonyl (C=O) groups is 2. The number of nitrogens with one attached hydrogen (secondary N) is 1. The predicted molar refractivity (Wildman–Crippen MR) is 83.1 cm³/mol. The van der Waals surface area contributed by atoms with Crippen molar-refractivity contribution in [3.8, 4) is 0 Å². The minimum Gasteiger partial charge on any atom is -0.481 e. The average molecular weight is 320 g/mol. The highest BCUT2D eigenvalue weighted by Gasteiger charge is 2.25. The first kappa shape index (κ1) is 16.9. The van der Waals surface area contributed by atoms with Crippen LogP contribution in [0.4, 0.5) is 5.69 Å². The number of nitro groups is 1. The molecule has 0 radical (unpaired) electrons. The predicted octanol–water partition coefficient (Wildman–Crippen LogP) is 2.60. The average Bonchev–Trinajstić information content (AvgIpc) is 2.53. The van der Waals surface area contributed by atoms with Crippen molar-refractivity contribution in [1.29, 1.82) is 0 Å². The standard InChI is InChI=1S/C16H20N2O5/c19-15(17-12-4-2-1-3-5-12)10-14(16(20)21)11-6-8-13(9-7-11)18(22)23/h6-9,12,14H,1-5,10H2,(H,17,19)(H,20,21). The summed E-state index contributed by atoms with van der Waals surface area (Å²) in [5, 5.41) is 22.9. The molecule has 1 saturated carbocycles. The fourth-order valence-electron chi connectivity index (χ4n) is 2.90. The van der Waals surface area contributed by atoms with Crippen LogP contribution in [-0.2, 0) is 9.59 Å². The van der Waals surface area contributed by atoms with Crippen molar-refractivity contribution in [2.75, 3.05) is 0 Å². The number of carboxylic acid groups (broad SMARTS) is 1. The fourth-order valence-corrected chi connectivity index (χ4v) is 2.90. The number of nitrogens with zero attached hydrogens (tertiary/aromatic N) is 1. The molecule has 0 bridgehead atoms. The summed E-state index contributed by atoms with van der Waals surface area (Å²) in [6.07, 6.45) is 5.03. The van der Waals surface area contributed by atoms with Gasteiger partial charge >= 0.3 is 5.97 Å². The van der Waals surface area contributed by atoms with Crippen LogP contribution in [0.15, 0.2) is 24.3 Å². The second-order valence-corrected chi connectivity index (χ2v) is 5.85. The van der Waals surface area contributed by atoms with Gasteiger partial charge < -0.3 is 10.4 Å². The second-order valence-electron chi connectivity index (χ2n) is 5.85. The highest BCUT2D eigenvalue weighted by Crippen LogP contribution is 2.24. The van der Waals surface area contributed by atoms with Crippen LogP contribution in [0.3, 0.4) is 0 Å². The van der Waals surface area contributed by atoms with E-state index in [1.165, 1.54) is 30.7 Å². The third kappa shape index (κ3) is 4.77. The maximum absolute atomic E-state index is 12.1. The maximum Gasteiger partial charge on any atom is 0.311 e. The summed E-state index contributed by atoms with van der Waals surface area (Å²) in [5.41, 5.74) is 0.284. The first-order chi connectivity index (χ1) is 11.0. The summed E-state index contributed by atoms with van der Waals surface area (Å²) in [6, 6.07) is 5.42. The number of non-ortho nitro benzene ring substituents is 1. The van der Waals surface area contributed by atoms with E-state index in [9.17, 15) is 24.8 Å². The monoisotopic (exact) mass is 320 g/mol. The Morgan fingerprint density at radius 3 is 2.35 bits per heavy atom. The van der Waals surface area contributed by atoms with Crippen LogP contribution in [0.1, 0.15) is 50.0 Å². The van der Waals surface area contributed by atoms with Crippen LogP contribution in [0.5, 0.6) is 0 Å². The van der Waals surface area contributed by atoms with Crippen LogP contribution in [0.2, 0.25) is 0 Å². The lowest BCUT2D eigenvalue weighted by molar-refractivity contribution is -0.384. The molecule has 0 aliphatic heterocycles. The molecule has 0 heterocycles. The lowest BCUT2D eigenvalue weighted by Gasteiger charge is -2.23. The zero-order chi connectivity index (χ0) is 16.8. The summed E-state index contributed by atoms with van der Waals surface area (Å²) in [6.45, 7) is 0. The second kappa shape index (κ2) is 7.71. The van der Waals surface area contributed by atoms with E-state index in [0.717, 1.165) is 25.7 Å². The number of carboxylic acids is 1. The Kier molecular flexibility index (Phi) is 5.67. The molecule has 0 aromatic heterocycles. The van der Waals surface area contributed by atoms with Gasteiger partial charge in [0.2, 0.25) is 5.91 Å². The number of rotatable bonds is 6. The molecule has 1 atom stereocenters. The molecule has 0 saturated heterocycles. The third-order valence-corrected chi connectivity index (χ3v) is 4.16. The summed E-state index contributed by atoms with van der Waals surface area (Å²) in [5.74, 6) is -2.40. The van der Waals surface area contributed by atoms with Gasteiger partial charge in [0.15, 0.2) is 0 Å². The highest BCUT2D eigenvalue weighted by atomic mass is 16.6. The summed E-state index contributed by atoms with van der Waals surface area (Å²) in [7, 11) is 0. The minimum atomic E-state index is -1.11. The Labute approximate surface area is 133 Å². The van der Waals surface area contributed by atoms with Crippen molar-refractivity contribution in [3.63, 3.8) is 0 Å².